The van der Waals surface area contributed by atoms with Crippen LogP contribution in [0.3, 0.4) is 0 Å². The number of aliphatic hydroxyl groups excluding tert-OH is 1. The summed E-state index contributed by atoms with van der Waals surface area (Å²) >= 11 is 0. The molecule has 22 heavy (non-hydrogen) atoms. The Hall–Kier alpha value is -2.53. The van der Waals surface area contributed by atoms with Crippen molar-refractivity contribution >= 4 is 16.8 Å². The van der Waals surface area contributed by atoms with Crippen LogP contribution in [-0.2, 0) is 0 Å². The fraction of sp³-hybridized carbons (Fsp3) is 0.235. The van der Waals surface area contributed by atoms with Crippen LogP contribution in [0.1, 0.15) is 33.5 Å². The van der Waals surface area contributed by atoms with Crippen molar-refractivity contribution < 1.29 is 14.3 Å². The fourth-order valence-electron chi connectivity index (χ4n) is 2.48. The lowest BCUT2D eigenvalue weighted by atomic mass is 10.1. The number of H-pyrrole nitrogens is 1. The number of furan rings is 1. The average Bonchev–Trinajstić information content (AvgIpc) is 3.14. The lowest BCUT2D eigenvalue weighted by molar-refractivity contribution is 0.0901. The Bertz CT molecular complexity index is 803. The molecular weight excluding hydrogens is 280 g/mol. The molecule has 1 aromatic carbocycles. The van der Waals surface area contributed by atoms with Crippen molar-refractivity contribution in [3.63, 3.8) is 0 Å². The van der Waals surface area contributed by atoms with Gasteiger partial charge in [0.1, 0.15) is 11.9 Å². The van der Waals surface area contributed by atoms with E-state index >= 15 is 0 Å². The molecule has 114 valence electrons. The normalized spacial score (nSPS) is 12.5. The van der Waals surface area contributed by atoms with Gasteiger partial charge in [0.25, 0.3) is 5.91 Å². The van der Waals surface area contributed by atoms with E-state index in [0.717, 1.165) is 22.2 Å². The molecule has 0 saturated heterocycles. The Morgan fingerprint density at radius 1 is 1.36 bits per heavy atom. The number of benzene rings is 1. The quantitative estimate of drug-likeness (QED) is 0.693. The Morgan fingerprint density at radius 2 is 2.18 bits per heavy atom. The smallest absolute Gasteiger partial charge is 0.251 e. The van der Waals surface area contributed by atoms with Crippen molar-refractivity contribution in [2.24, 2.45) is 0 Å². The monoisotopic (exact) mass is 298 g/mol. The molecule has 1 unspecified atom stereocenters. The molecule has 5 nitrogen and oxygen atoms in total. The summed E-state index contributed by atoms with van der Waals surface area (Å²) in [5, 5.41) is 13.7. The number of hydrogen-bond acceptors (Lipinski definition) is 3. The minimum Gasteiger partial charge on any atom is -0.467 e. The van der Waals surface area contributed by atoms with Gasteiger partial charge in [-0.1, -0.05) is 0 Å². The number of aromatic nitrogens is 1. The second-order valence-corrected chi connectivity index (χ2v) is 5.38. The third kappa shape index (κ3) is 2.63. The third-order valence-corrected chi connectivity index (χ3v) is 3.90. The summed E-state index contributed by atoms with van der Waals surface area (Å²) in [6.07, 6.45) is 0.643. The molecular formula is C17H18N2O3. The number of rotatable bonds is 4. The summed E-state index contributed by atoms with van der Waals surface area (Å²) in [6.45, 7) is 4.14. The number of carbonyl (C=O) groups excluding carboxylic acids is 1. The Kier molecular flexibility index (Phi) is 3.73. The molecule has 1 atom stereocenters. The highest BCUT2D eigenvalue weighted by atomic mass is 16.4. The van der Waals surface area contributed by atoms with E-state index in [4.69, 9.17) is 4.42 Å². The van der Waals surface area contributed by atoms with Crippen molar-refractivity contribution in [3.8, 4) is 0 Å². The molecule has 5 heteroatoms. The number of fused-ring (bicyclic) bond motifs is 1. The maximum Gasteiger partial charge on any atom is 0.251 e. The van der Waals surface area contributed by atoms with Crippen molar-refractivity contribution in [2.45, 2.75) is 20.0 Å². The lowest BCUT2D eigenvalue weighted by Crippen LogP contribution is -2.28. The van der Waals surface area contributed by atoms with Crippen molar-refractivity contribution in [3.05, 3.63) is 59.2 Å². The largest absolute Gasteiger partial charge is 0.467 e. The van der Waals surface area contributed by atoms with Crippen LogP contribution in [-0.4, -0.2) is 22.5 Å². The van der Waals surface area contributed by atoms with Crippen LogP contribution in [0.4, 0.5) is 0 Å². The molecule has 0 radical (unpaired) electrons. The zero-order valence-electron chi connectivity index (χ0n) is 12.5. The number of aromatic amines is 1. The van der Waals surface area contributed by atoms with Gasteiger partial charge >= 0.3 is 0 Å². The Balaban J connectivity index is 1.73. The van der Waals surface area contributed by atoms with Crippen LogP contribution in [0.2, 0.25) is 0 Å². The summed E-state index contributed by atoms with van der Waals surface area (Å²) in [4.78, 5) is 15.5. The zero-order valence-corrected chi connectivity index (χ0v) is 12.5. The lowest BCUT2D eigenvalue weighted by Gasteiger charge is -2.09. The van der Waals surface area contributed by atoms with Crippen LogP contribution in [0, 0.1) is 13.8 Å². The van der Waals surface area contributed by atoms with Gasteiger partial charge in [-0.15, -0.1) is 0 Å². The molecule has 3 rings (SSSR count). The van der Waals surface area contributed by atoms with E-state index in [1.54, 1.807) is 18.2 Å². The van der Waals surface area contributed by atoms with Gasteiger partial charge in [-0.05, 0) is 49.7 Å². The maximum atomic E-state index is 12.2. The predicted octanol–water partition coefficient (Wildman–Crippen LogP) is 2.84. The number of amides is 1. The number of carbonyl (C=O) groups is 1. The minimum absolute atomic E-state index is 0.107. The summed E-state index contributed by atoms with van der Waals surface area (Å²) in [7, 11) is 0. The van der Waals surface area contributed by atoms with E-state index in [-0.39, 0.29) is 12.5 Å². The number of aryl methyl sites for hydroxylation is 2. The van der Waals surface area contributed by atoms with Gasteiger partial charge in [-0.2, -0.15) is 0 Å². The molecule has 0 aliphatic rings. The number of nitrogens with one attached hydrogen (secondary N) is 2. The van der Waals surface area contributed by atoms with E-state index in [9.17, 15) is 9.90 Å². The summed E-state index contributed by atoms with van der Waals surface area (Å²) < 4.78 is 5.10. The maximum absolute atomic E-state index is 12.2. The first-order valence-electron chi connectivity index (χ1n) is 7.15. The van der Waals surface area contributed by atoms with Gasteiger partial charge in [0.05, 0.1) is 12.8 Å². The molecule has 0 bridgehead atoms. The topological polar surface area (TPSA) is 78.3 Å². The van der Waals surface area contributed by atoms with Gasteiger partial charge in [0.15, 0.2) is 0 Å². The van der Waals surface area contributed by atoms with Gasteiger partial charge in [-0.25, -0.2) is 0 Å². The first kappa shape index (κ1) is 14.4. The first-order chi connectivity index (χ1) is 10.6. The molecule has 1 amide bonds. The Morgan fingerprint density at radius 3 is 2.91 bits per heavy atom. The molecule has 3 aromatic rings. The Labute approximate surface area is 128 Å². The zero-order chi connectivity index (χ0) is 15.7. The minimum atomic E-state index is -0.848. The van der Waals surface area contributed by atoms with Gasteiger partial charge < -0.3 is 19.8 Å². The molecule has 0 saturated carbocycles. The fourth-order valence-corrected chi connectivity index (χ4v) is 2.48. The second-order valence-electron chi connectivity index (χ2n) is 5.38. The SMILES string of the molecule is Cc1[nH]c2ccc(C(=O)NCC(O)c3ccco3)cc2c1C. The van der Waals surface area contributed by atoms with E-state index in [0.29, 0.717) is 11.3 Å². The van der Waals surface area contributed by atoms with E-state index in [1.165, 1.54) is 6.26 Å². The first-order valence-corrected chi connectivity index (χ1v) is 7.15. The van der Waals surface area contributed by atoms with Crippen molar-refractivity contribution in [2.75, 3.05) is 6.54 Å². The highest BCUT2D eigenvalue weighted by Crippen LogP contribution is 2.22. The number of hydrogen-bond donors (Lipinski definition) is 3. The predicted molar refractivity (Wildman–Crippen MR) is 83.8 cm³/mol. The molecule has 0 fully saturated rings. The van der Waals surface area contributed by atoms with Gasteiger partial charge in [0, 0.05) is 22.2 Å². The van der Waals surface area contributed by atoms with Crippen molar-refractivity contribution in [1.29, 1.82) is 0 Å². The third-order valence-electron chi connectivity index (χ3n) is 3.90. The van der Waals surface area contributed by atoms with Crippen LogP contribution >= 0.6 is 0 Å². The van der Waals surface area contributed by atoms with Gasteiger partial charge in [0.2, 0.25) is 0 Å². The van der Waals surface area contributed by atoms with Gasteiger partial charge in [-0.3, -0.25) is 4.79 Å². The molecule has 2 aromatic heterocycles. The highest BCUT2D eigenvalue weighted by Gasteiger charge is 2.14. The van der Waals surface area contributed by atoms with Crippen LogP contribution < -0.4 is 5.32 Å². The van der Waals surface area contributed by atoms with Crippen LogP contribution in [0.5, 0.6) is 0 Å². The van der Waals surface area contributed by atoms with E-state index in [2.05, 4.69) is 10.3 Å². The summed E-state index contributed by atoms with van der Waals surface area (Å²) in [6, 6.07) is 8.91. The van der Waals surface area contributed by atoms with Crippen LogP contribution in [0.15, 0.2) is 41.0 Å². The van der Waals surface area contributed by atoms with E-state index in [1.807, 2.05) is 26.0 Å². The molecule has 3 N–H and O–H groups in total. The molecule has 0 spiro atoms. The van der Waals surface area contributed by atoms with Crippen LogP contribution in [0.25, 0.3) is 10.9 Å². The molecule has 0 aliphatic heterocycles. The van der Waals surface area contributed by atoms with Crippen molar-refractivity contribution in [1.82, 2.24) is 10.3 Å². The second kappa shape index (κ2) is 5.69. The number of aliphatic hydroxyl groups is 1. The van der Waals surface area contributed by atoms with E-state index < -0.39 is 6.10 Å². The average molecular weight is 298 g/mol. The summed E-state index contributed by atoms with van der Waals surface area (Å²) in [5.74, 6) is 0.221. The standard InChI is InChI=1S/C17H18N2O3/c1-10-11(2)19-14-6-5-12(8-13(10)14)17(21)18-9-15(20)16-4-3-7-22-16/h3-8,15,19-20H,9H2,1-2H3,(H,18,21). The molecule has 2 heterocycles. The summed E-state index contributed by atoms with van der Waals surface area (Å²) in [5.41, 5.74) is 3.82. The highest BCUT2D eigenvalue weighted by molar-refractivity contribution is 5.99. The molecule has 0 aliphatic carbocycles.